The van der Waals surface area contributed by atoms with Gasteiger partial charge in [-0.1, -0.05) is 30.0 Å². The number of ketones is 1. The van der Waals surface area contributed by atoms with Crippen molar-refractivity contribution in [1.82, 2.24) is 4.90 Å². The minimum atomic E-state index is -1.32. The van der Waals surface area contributed by atoms with Gasteiger partial charge in [-0.3, -0.25) is 29.8 Å². The predicted molar refractivity (Wildman–Crippen MR) is 134 cm³/mol. The summed E-state index contributed by atoms with van der Waals surface area (Å²) < 4.78 is 0. The second kappa shape index (κ2) is 11.4. The van der Waals surface area contributed by atoms with Crippen LogP contribution in [-0.2, 0) is 0 Å². The second-order valence-corrected chi connectivity index (χ2v) is 8.72. The molecule has 3 aromatic carbocycles. The van der Waals surface area contributed by atoms with E-state index in [0.29, 0.717) is 13.1 Å². The van der Waals surface area contributed by atoms with E-state index in [1.807, 2.05) is 0 Å². The third-order valence-electron chi connectivity index (χ3n) is 5.49. The Balaban J connectivity index is 2.01. The molecule has 3 rings (SSSR count). The third kappa shape index (κ3) is 5.81. The molecule has 0 fully saturated rings. The molecule has 0 spiro atoms. The Kier molecular flexibility index (Phi) is 8.35. The number of amides is 1. The number of carbonyl (C=O) groups excluding carboxylic acids is 2. The predicted octanol–water partition coefficient (Wildman–Crippen LogP) is 5.07. The zero-order valence-electron chi connectivity index (χ0n) is 19.7. The first kappa shape index (κ1) is 27.0. The van der Waals surface area contributed by atoms with E-state index in [4.69, 9.17) is 0 Å². The molecule has 0 heterocycles. The molecule has 0 radical (unpaired) electrons. The number of carbonyl (C=O) groups is 3. The molecule has 37 heavy (non-hydrogen) atoms. The topological polar surface area (TPSA) is 161 Å². The molecule has 0 bridgehead atoms. The van der Waals surface area contributed by atoms with E-state index in [1.54, 1.807) is 13.8 Å². The van der Waals surface area contributed by atoms with Crippen LogP contribution in [0.15, 0.2) is 70.5 Å². The Morgan fingerprint density at radius 3 is 1.78 bits per heavy atom. The molecule has 0 aliphatic carbocycles. The number of benzene rings is 3. The van der Waals surface area contributed by atoms with Crippen LogP contribution in [0.2, 0.25) is 0 Å². The minimum Gasteiger partial charge on any atom is -0.478 e. The quantitative estimate of drug-likeness (QED) is 0.217. The summed E-state index contributed by atoms with van der Waals surface area (Å²) in [6.07, 6.45) is 0. The van der Waals surface area contributed by atoms with E-state index in [0.717, 1.165) is 23.9 Å². The van der Waals surface area contributed by atoms with Crippen molar-refractivity contribution in [2.24, 2.45) is 0 Å². The lowest BCUT2D eigenvalue weighted by molar-refractivity contribution is -0.388. The summed E-state index contributed by atoms with van der Waals surface area (Å²) in [5.41, 5.74) is -1.25. The second-order valence-electron chi connectivity index (χ2n) is 7.64. The molecule has 12 heteroatoms. The van der Waals surface area contributed by atoms with Gasteiger partial charge in [0.1, 0.15) is 0 Å². The Hall–Kier alpha value is -4.58. The lowest BCUT2D eigenvalue weighted by Gasteiger charge is -2.18. The van der Waals surface area contributed by atoms with Crippen LogP contribution in [0.3, 0.4) is 0 Å². The van der Waals surface area contributed by atoms with Gasteiger partial charge in [0.15, 0.2) is 5.78 Å². The van der Waals surface area contributed by atoms with Crippen LogP contribution in [0.25, 0.3) is 0 Å². The number of carboxylic acid groups (broad SMARTS) is 1. The zero-order valence-corrected chi connectivity index (χ0v) is 20.6. The van der Waals surface area contributed by atoms with Gasteiger partial charge in [0.25, 0.3) is 17.3 Å². The first-order valence-electron chi connectivity index (χ1n) is 11.0. The molecule has 0 atom stereocenters. The van der Waals surface area contributed by atoms with Crippen molar-refractivity contribution in [3.05, 3.63) is 103 Å². The summed E-state index contributed by atoms with van der Waals surface area (Å²) in [6.45, 7) is 4.42. The van der Waals surface area contributed by atoms with Crippen molar-refractivity contribution in [3.63, 3.8) is 0 Å². The third-order valence-corrected chi connectivity index (χ3v) is 6.62. The van der Waals surface area contributed by atoms with Crippen molar-refractivity contribution < 1.29 is 29.3 Å². The smallest absolute Gasteiger partial charge is 0.336 e. The van der Waals surface area contributed by atoms with Crippen LogP contribution in [0, 0.1) is 20.2 Å². The summed E-state index contributed by atoms with van der Waals surface area (Å²) >= 11 is 0.748. The maximum Gasteiger partial charge on any atom is 0.336 e. The van der Waals surface area contributed by atoms with E-state index in [2.05, 4.69) is 0 Å². The molecule has 190 valence electrons. The van der Waals surface area contributed by atoms with Crippen molar-refractivity contribution in [1.29, 1.82) is 0 Å². The van der Waals surface area contributed by atoms with E-state index in [-0.39, 0.29) is 38.0 Å². The molecule has 0 unspecified atom stereocenters. The van der Waals surface area contributed by atoms with Crippen molar-refractivity contribution in [2.75, 3.05) is 13.1 Å². The first-order chi connectivity index (χ1) is 17.6. The average Bonchev–Trinajstić information content (AvgIpc) is 2.89. The SMILES string of the molecule is CCN(CC)C(=O)c1ccc(Sc2ccc(C(=O)c3ccccc3C(=O)O)cc2[N+](=O)[O-])c([N+](=O)[O-])c1. The van der Waals surface area contributed by atoms with Crippen LogP contribution >= 0.6 is 11.8 Å². The summed E-state index contributed by atoms with van der Waals surface area (Å²) in [6, 6.07) is 13.0. The number of nitro benzene ring substituents is 2. The van der Waals surface area contributed by atoms with Gasteiger partial charge in [0.05, 0.1) is 25.2 Å². The lowest BCUT2D eigenvalue weighted by atomic mass is 9.98. The number of hydrogen-bond donors (Lipinski definition) is 1. The maximum absolute atomic E-state index is 12.9. The lowest BCUT2D eigenvalue weighted by Crippen LogP contribution is -2.30. The van der Waals surface area contributed by atoms with Gasteiger partial charge in [-0.15, -0.1) is 0 Å². The normalized spacial score (nSPS) is 10.5. The molecule has 0 saturated carbocycles. The maximum atomic E-state index is 12.9. The van der Waals surface area contributed by atoms with E-state index < -0.39 is 33.0 Å². The standard InChI is InChI=1S/C25H21N3O8S/c1-3-26(4-2)24(30)16-10-12-22(20(14-16)28(35)36)37-21-11-9-15(13-19(21)27(33)34)23(29)17-7-5-6-8-18(17)25(31)32/h5-14H,3-4H2,1-2H3,(H,31,32). The van der Waals surface area contributed by atoms with E-state index in [9.17, 15) is 39.7 Å². The van der Waals surface area contributed by atoms with Crippen LogP contribution in [-0.4, -0.2) is 50.6 Å². The summed E-state index contributed by atoms with van der Waals surface area (Å²) in [5, 5.41) is 32.9. The Bertz CT molecular complexity index is 1420. The van der Waals surface area contributed by atoms with Crippen LogP contribution in [0.4, 0.5) is 11.4 Å². The molecule has 1 amide bonds. The number of aromatic carboxylic acids is 1. The average molecular weight is 524 g/mol. The summed E-state index contributed by atoms with van der Waals surface area (Å²) in [7, 11) is 0. The Labute approximate surface area is 215 Å². The fraction of sp³-hybridized carbons (Fsp3) is 0.160. The van der Waals surface area contributed by atoms with Crippen LogP contribution in [0.5, 0.6) is 0 Å². The Morgan fingerprint density at radius 1 is 0.811 bits per heavy atom. The Morgan fingerprint density at radius 2 is 1.30 bits per heavy atom. The molecule has 0 aliphatic rings. The van der Waals surface area contributed by atoms with Gasteiger partial charge in [0, 0.05) is 41.9 Å². The van der Waals surface area contributed by atoms with Gasteiger partial charge in [-0.05, 0) is 44.2 Å². The fourth-order valence-corrected chi connectivity index (χ4v) is 4.59. The van der Waals surface area contributed by atoms with Crippen LogP contribution in [0.1, 0.15) is 50.5 Å². The molecular formula is C25H21N3O8S. The van der Waals surface area contributed by atoms with Crippen molar-refractivity contribution in [2.45, 2.75) is 23.6 Å². The van der Waals surface area contributed by atoms with Crippen molar-refractivity contribution in [3.8, 4) is 0 Å². The molecular weight excluding hydrogens is 502 g/mol. The highest BCUT2D eigenvalue weighted by Gasteiger charge is 2.25. The molecule has 1 N–H and O–H groups in total. The van der Waals surface area contributed by atoms with Gasteiger partial charge < -0.3 is 10.0 Å². The van der Waals surface area contributed by atoms with E-state index in [1.165, 1.54) is 53.4 Å². The number of hydrogen-bond acceptors (Lipinski definition) is 8. The molecule has 3 aromatic rings. The monoisotopic (exact) mass is 523 g/mol. The molecule has 11 nitrogen and oxygen atoms in total. The number of rotatable bonds is 10. The fourth-order valence-electron chi connectivity index (χ4n) is 3.60. The number of carboxylic acids is 1. The molecule has 0 aromatic heterocycles. The van der Waals surface area contributed by atoms with Crippen LogP contribution < -0.4 is 0 Å². The molecule has 0 saturated heterocycles. The number of nitro groups is 2. The van der Waals surface area contributed by atoms with Gasteiger partial charge in [-0.2, -0.15) is 0 Å². The highest BCUT2D eigenvalue weighted by atomic mass is 32.2. The van der Waals surface area contributed by atoms with Crippen molar-refractivity contribution >= 4 is 40.8 Å². The number of nitrogens with zero attached hydrogens (tertiary/aromatic N) is 3. The highest BCUT2D eigenvalue weighted by molar-refractivity contribution is 7.99. The summed E-state index contributed by atoms with van der Waals surface area (Å²) in [4.78, 5) is 60.8. The minimum absolute atomic E-state index is 0.0268. The van der Waals surface area contributed by atoms with Gasteiger partial charge in [0.2, 0.25) is 0 Å². The largest absolute Gasteiger partial charge is 0.478 e. The summed E-state index contributed by atoms with van der Waals surface area (Å²) in [5.74, 6) is -2.41. The molecule has 0 aliphatic heterocycles. The zero-order chi connectivity index (χ0) is 27.3. The highest BCUT2D eigenvalue weighted by Crippen LogP contribution is 2.40. The van der Waals surface area contributed by atoms with E-state index >= 15 is 0 Å². The van der Waals surface area contributed by atoms with Gasteiger partial charge >= 0.3 is 5.97 Å². The van der Waals surface area contributed by atoms with Gasteiger partial charge in [-0.25, -0.2) is 4.79 Å². The first-order valence-corrected chi connectivity index (χ1v) is 11.8.